The SMILES string of the molecule is CNC(C)(CO)CC(C)Sc1cccc(Cl)c1. The van der Waals surface area contributed by atoms with Crippen LogP contribution >= 0.6 is 23.4 Å². The van der Waals surface area contributed by atoms with E-state index in [2.05, 4.69) is 18.3 Å². The van der Waals surface area contributed by atoms with Gasteiger partial charge in [0.25, 0.3) is 0 Å². The number of benzene rings is 1. The Morgan fingerprint density at radius 1 is 1.53 bits per heavy atom. The molecule has 0 saturated carbocycles. The number of nitrogens with one attached hydrogen (secondary N) is 1. The van der Waals surface area contributed by atoms with Crippen LogP contribution in [0.4, 0.5) is 0 Å². The van der Waals surface area contributed by atoms with Crippen molar-refractivity contribution in [2.24, 2.45) is 0 Å². The predicted molar refractivity (Wildman–Crippen MR) is 75.9 cm³/mol. The lowest BCUT2D eigenvalue weighted by Crippen LogP contribution is -2.45. The molecule has 0 bridgehead atoms. The van der Waals surface area contributed by atoms with Gasteiger partial charge in [0.2, 0.25) is 0 Å². The summed E-state index contributed by atoms with van der Waals surface area (Å²) in [7, 11) is 1.88. The average Bonchev–Trinajstić information content (AvgIpc) is 2.28. The summed E-state index contributed by atoms with van der Waals surface area (Å²) >= 11 is 7.73. The predicted octanol–water partition coefficient (Wildman–Crippen LogP) is 3.18. The zero-order valence-electron chi connectivity index (χ0n) is 10.5. The Morgan fingerprint density at radius 2 is 2.24 bits per heavy atom. The van der Waals surface area contributed by atoms with Gasteiger partial charge in [0, 0.05) is 20.7 Å². The van der Waals surface area contributed by atoms with Gasteiger partial charge in [-0.2, -0.15) is 0 Å². The van der Waals surface area contributed by atoms with Crippen LogP contribution in [0.15, 0.2) is 29.2 Å². The normalized spacial score (nSPS) is 16.5. The average molecular weight is 274 g/mol. The summed E-state index contributed by atoms with van der Waals surface area (Å²) in [5.74, 6) is 0. The van der Waals surface area contributed by atoms with Crippen molar-refractivity contribution in [2.45, 2.75) is 36.0 Å². The minimum absolute atomic E-state index is 0.143. The van der Waals surface area contributed by atoms with Crippen molar-refractivity contribution in [2.75, 3.05) is 13.7 Å². The van der Waals surface area contributed by atoms with E-state index in [9.17, 15) is 5.11 Å². The van der Waals surface area contributed by atoms with Gasteiger partial charge < -0.3 is 10.4 Å². The molecule has 17 heavy (non-hydrogen) atoms. The third kappa shape index (κ3) is 4.88. The minimum Gasteiger partial charge on any atom is -0.394 e. The highest BCUT2D eigenvalue weighted by molar-refractivity contribution is 8.00. The maximum Gasteiger partial charge on any atom is 0.0610 e. The second-order valence-electron chi connectivity index (χ2n) is 4.56. The van der Waals surface area contributed by atoms with Crippen molar-refractivity contribution in [1.29, 1.82) is 0 Å². The van der Waals surface area contributed by atoms with E-state index in [-0.39, 0.29) is 12.1 Å². The molecule has 0 spiro atoms. The molecule has 96 valence electrons. The number of halogens is 1. The van der Waals surface area contributed by atoms with Crippen molar-refractivity contribution >= 4 is 23.4 Å². The first-order chi connectivity index (χ1) is 7.99. The third-order valence-electron chi connectivity index (χ3n) is 2.82. The topological polar surface area (TPSA) is 32.3 Å². The quantitative estimate of drug-likeness (QED) is 0.781. The number of aliphatic hydroxyl groups excluding tert-OH is 1. The van der Waals surface area contributed by atoms with Crippen LogP contribution in [-0.4, -0.2) is 29.5 Å². The molecule has 1 aromatic rings. The first-order valence-corrected chi connectivity index (χ1v) is 6.97. The molecule has 2 N–H and O–H groups in total. The van der Waals surface area contributed by atoms with Gasteiger partial charge in [-0.15, -0.1) is 11.8 Å². The van der Waals surface area contributed by atoms with Crippen LogP contribution in [0, 0.1) is 0 Å². The number of rotatable bonds is 6. The molecule has 0 heterocycles. The lowest BCUT2D eigenvalue weighted by Gasteiger charge is -2.29. The zero-order chi connectivity index (χ0) is 12.9. The molecule has 0 saturated heterocycles. The molecule has 0 aliphatic heterocycles. The summed E-state index contributed by atoms with van der Waals surface area (Å²) in [4.78, 5) is 1.17. The molecular formula is C13H20ClNOS. The van der Waals surface area contributed by atoms with Gasteiger partial charge in [-0.1, -0.05) is 24.6 Å². The van der Waals surface area contributed by atoms with E-state index in [1.165, 1.54) is 4.90 Å². The second-order valence-corrected chi connectivity index (χ2v) is 6.51. The van der Waals surface area contributed by atoms with E-state index in [0.29, 0.717) is 5.25 Å². The summed E-state index contributed by atoms with van der Waals surface area (Å²) in [5, 5.41) is 13.7. The van der Waals surface area contributed by atoms with E-state index in [4.69, 9.17) is 11.6 Å². The summed E-state index contributed by atoms with van der Waals surface area (Å²) in [6.07, 6.45) is 0.900. The van der Waals surface area contributed by atoms with E-state index >= 15 is 0 Å². The van der Waals surface area contributed by atoms with E-state index in [1.807, 2.05) is 32.2 Å². The number of likely N-dealkylation sites (N-methyl/N-ethyl adjacent to an activating group) is 1. The molecular weight excluding hydrogens is 254 g/mol. The molecule has 1 aromatic carbocycles. The van der Waals surface area contributed by atoms with Gasteiger partial charge in [-0.3, -0.25) is 0 Å². The zero-order valence-corrected chi connectivity index (χ0v) is 12.1. The minimum atomic E-state index is -0.217. The fourth-order valence-electron chi connectivity index (χ4n) is 1.69. The largest absolute Gasteiger partial charge is 0.394 e. The smallest absolute Gasteiger partial charge is 0.0610 e. The summed E-state index contributed by atoms with van der Waals surface area (Å²) in [6.45, 7) is 4.34. The van der Waals surface area contributed by atoms with Crippen molar-refractivity contribution in [3.63, 3.8) is 0 Å². The summed E-state index contributed by atoms with van der Waals surface area (Å²) in [6, 6.07) is 7.86. The fourth-order valence-corrected chi connectivity index (χ4v) is 3.22. The van der Waals surface area contributed by atoms with Gasteiger partial charge in [0.1, 0.15) is 0 Å². The molecule has 0 radical (unpaired) electrons. The Morgan fingerprint density at radius 3 is 2.76 bits per heavy atom. The van der Waals surface area contributed by atoms with Crippen molar-refractivity contribution < 1.29 is 5.11 Å². The Bertz CT molecular complexity index is 355. The lowest BCUT2D eigenvalue weighted by atomic mass is 9.97. The Balaban J connectivity index is 2.58. The molecule has 2 atom stereocenters. The second kappa shape index (κ2) is 6.64. The van der Waals surface area contributed by atoms with Crippen LogP contribution in [0.5, 0.6) is 0 Å². The van der Waals surface area contributed by atoms with E-state index in [0.717, 1.165) is 11.4 Å². The monoisotopic (exact) mass is 273 g/mol. The number of hydrogen-bond donors (Lipinski definition) is 2. The lowest BCUT2D eigenvalue weighted by molar-refractivity contribution is 0.174. The molecule has 2 nitrogen and oxygen atoms in total. The van der Waals surface area contributed by atoms with Crippen LogP contribution in [0.25, 0.3) is 0 Å². The molecule has 0 aliphatic rings. The van der Waals surface area contributed by atoms with Crippen LogP contribution < -0.4 is 5.32 Å². The number of hydrogen-bond acceptors (Lipinski definition) is 3. The molecule has 2 unspecified atom stereocenters. The number of aliphatic hydroxyl groups is 1. The van der Waals surface area contributed by atoms with Crippen molar-refractivity contribution in [3.8, 4) is 0 Å². The van der Waals surface area contributed by atoms with Crippen molar-refractivity contribution in [3.05, 3.63) is 29.3 Å². The van der Waals surface area contributed by atoms with Crippen LogP contribution in [0.3, 0.4) is 0 Å². The Kier molecular flexibility index (Phi) is 5.80. The highest BCUT2D eigenvalue weighted by Crippen LogP contribution is 2.29. The van der Waals surface area contributed by atoms with Crippen LogP contribution in [0.2, 0.25) is 5.02 Å². The first kappa shape index (κ1) is 14.8. The van der Waals surface area contributed by atoms with Crippen LogP contribution in [-0.2, 0) is 0 Å². The van der Waals surface area contributed by atoms with Gasteiger partial charge in [0.05, 0.1) is 6.61 Å². The molecule has 0 aromatic heterocycles. The first-order valence-electron chi connectivity index (χ1n) is 5.71. The standard InChI is InChI=1S/C13H20ClNOS/c1-10(8-13(2,9-16)15-3)17-12-6-4-5-11(14)7-12/h4-7,10,15-16H,8-9H2,1-3H3. The van der Waals surface area contributed by atoms with Crippen LogP contribution in [0.1, 0.15) is 20.3 Å². The summed E-state index contributed by atoms with van der Waals surface area (Å²) in [5.41, 5.74) is -0.217. The van der Waals surface area contributed by atoms with Crippen molar-refractivity contribution in [1.82, 2.24) is 5.32 Å². The summed E-state index contributed by atoms with van der Waals surface area (Å²) < 4.78 is 0. The highest BCUT2D eigenvalue weighted by atomic mass is 35.5. The highest BCUT2D eigenvalue weighted by Gasteiger charge is 2.24. The molecule has 0 amide bonds. The van der Waals surface area contributed by atoms with E-state index < -0.39 is 0 Å². The number of thioether (sulfide) groups is 1. The third-order valence-corrected chi connectivity index (χ3v) is 4.15. The fraction of sp³-hybridized carbons (Fsp3) is 0.538. The Labute approximate surface area is 113 Å². The van der Waals surface area contributed by atoms with Gasteiger partial charge in [-0.25, -0.2) is 0 Å². The molecule has 0 aliphatic carbocycles. The van der Waals surface area contributed by atoms with Gasteiger partial charge in [-0.05, 0) is 38.6 Å². The van der Waals surface area contributed by atoms with E-state index in [1.54, 1.807) is 11.8 Å². The van der Waals surface area contributed by atoms with Gasteiger partial charge in [0.15, 0.2) is 0 Å². The molecule has 0 fully saturated rings. The Hall–Kier alpha value is -0.220. The maximum atomic E-state index is 9.35. The molecule has 1 rings (SSSR count). The maximum absolute atomic E-state index is 9.35. The van der Waals surface area contributed by atoms with Gasteiger partial charge >= 0.3 is 0 Å². The molecule has 4 heteroatoms.